The molecule has 1 saturated heterocycles. The van der Waals surface area contributed by atoms with Gasteiger partial charge >= 0.3 is 0 Å². The standard InChI is InChI=1S/C21H23N5O4S/c1-29-16-5-7-20(30-2)18(14-16)19-6-8-21(24-23-19)25-10-12-26(13-11-25)31(27,28)17-4-3-9-22-15-17/h3-9,14-15H,10-13H2,1-2H3. The van der Waals surface area contributed by atoms with E-state index in [1.54, 1.807) is 32.5 Å². The van der Waals surface area contributed by atoms with Crippen molar-refractivity contribution in [3.63, 3.8) is 0 Å². The Kier molecular flexibility index (Phi) is 6.01. The van der Waals surface area contributed by atoms with Crippen molar-refractivity contribution < 1.29 is 17.9 Å². The number of pyridine rings is 1. The lowest BCUT2D eigenvalue weighted by Crippen LogP contribution is -2.49. The van der Waals surface area contributed by atoms with E-state index in [2.05, 4.69) is 15.2 Å². The molecule has 10 heteroatoms. The monoisotopic (exact) mass is 441 g/mol. The molecule has 4 rings (SSSR count). The Balaban J connectivity index is 1.47. The van der Waals surface area contributed by atoms with E-state index in [1.165, 1.54) is 10.5 Å². The second-order valence-electron chi connectivity index (χ2n) is 6.92. The smallest absolute Gasteiger partial charge is 0.244 e. The molecule has 0 amide bonds. The fourth-order valence-corrected chi connectivity index (χ4v) is 4.84. The maximum absolute atomic E-state index is 12.8. The molecule has 0 unspecified atom stereocenters. The zero-order valence-electron chi connectivity index (χ0n) is 17.3. The number of rotatable bonds is 6. The largest absolute Gasteiger partial charge is 0.497 e. The summed E-state index contributed by atoms with van der Waals surface area (Å²) in [7, 11) is -0.333. The first-order valence-electron chi connectivity index (χ1n) is 9.74. The molecule has 0 spiro atoms. The van der Waals surface area contributed by atoms with Crippen LogP contribution in [0.1, 0.15) is 0 Å². The number of hydrogen-bond acceptors (Lipinski definition) is 8. The molecular weight excluding hydrogens is 418 g/mol. The molecule has 0 saturated carbocycles. The molecule has 1 aliphatic heterocycles. The van der Waals surface area contributed by atoms with E-state index in [9.17, 15) is 8.42 Å². The van der Waals surface area contributed by atoms with Crippen LogP contribution < -0.4 is 14.4 Å². The Morgan fingerprint density at radius 2 is 1.74 bits per heavy atom. The van der Waals surface area contributed by atoms with E-state index in [0.717, 1.165) is 5.56 Å². The lowest BCUT2D eigenvalue weighted by molar-refractivity contribution is 0.383. The summed E-state index contributed by atoms with van der Waals surface area (Å²) < 4.78 is 37.7. The number of piperazine rings is 1. The molecule has 2 aromatic heterocycles. The van der Waals surface area contributed by atoms with Crippen molar-refractivity contribution in [1.82, 2.24) is 19.5 Å². The molecule has 9 nitrogen and oxygen atoms in total. The normalized spacial score (nSPS) is 15.0. The first-order chi connectivity index (χ1) is 15.0. The Hall–Kier alpha value is -3.24. The second kappa shape index (κ2) is 8.86. The van der Waals surface area contributed by atoms with E-state index >= 15 is 0 Å². The van der Waals surface area contributed by atoms with Gasteiger partial charge in [0.15, 0.2) is 5.82 Å². The molecule has 162 valence electrons. The molecule has 1 aliphatic rings. The molecule has 31 heavy (non-hydrogen) atoms. The number of benzene rings is 1. The van der Waals surface area contributed by atoms with Crippen molar-refractivity contribution in [2.45, 2.75) is 4.90 Å². The molecule has 0 N–H and O–H groups in total. The molecular formula is C21H23N5O4S. The summed E-state index contributed by atoms with van der Waals surface area (Å²) in [5, 5.41) is 8.71. The molecule has 1 fully saturated rings. The van der Waals surface area contributed by atoms with Crippen molar-refractivity contribution in [3.05, 3.63) is 54.9 Å². The van der Waals surface area contributed by atoms with Crippen molar-refractivity contribution in [2.24, 2.45) is 0 Å². The number of hydrogen-bond donors (Lipinski definition) is 0. The van der Waals surface area contributed by atoms with Crippen LogP contribution in [0.15, 0.2) is 59.8 Å². The Bertz CT molecular complexity index is 1130. The van der Waals surface area contributed by atoms with Gasteiger partial charge in [-0.2, -0.15) is 4.31 Å². The van der Waals surface area contributed by atoms with E-state index < -0.39 is 10.0 Å². The van der Waals surface area contributed by atoms with Crippen molar-refractivity contribution >= 4 is 15.8 Å². The van der Waals surface area contributed by atoms with E-state index in [1.807, 2.05) is 35.2 Å². The van der Waals surface area contributed by atoms with Crippen LogP contribution in [0, 0.1) is 0 Å². The zero-order valence-corrected chi connectivity index (χ0v) is 18.1. The lowest BCUT2D eigenvalue weighted by atomic mass is 10.1. The van der Waals surface area contributed by atoms with Gasteiger partial charge in [0.1, 0.15) is 16.4 Å². The van der Waals surface area contributed by atoms with E-state index in [0.29, 0.717) is 49.2 Å². The first-order valence-corrected chi connectivity index (χ1v) is 11.2. The van der Waals surface area contributed by atoms with Gasteiger partial charge in [-0.3, -0.25) is 4.98 Å². The fraction of sp³-hybridized carbons (Fsp3) is 0.286. The first kappa shape index (κ1) is 21.0. The maximum Gasteiger partial charge on any atom is 0.244 e. The number of sulfonamides is 1. The summed E-state index contributed by atoms with van der Waals surface area (Å²) in [5.41, 5.74) is 1.45. The molecule has 3 heterocycles. The summed E-state index contributed by atoms with van der Waals surface area (Å²) in [5.74, 6) is 2.08. The zero-order chi connectivity index (χ0) is 21.8. The highest BCUT2D eigenvalue weighted by atomic mass is 32.2. The van der Waals surface area contributed by atoms with Gasteiger partial charge in [0, 0.05) is 44.1 Å². The van der Waals surface area contributed by atoms with E-state index in [4.69, 9.17) is 9.47 Å². The third kappa shape index (κ3) is 4.30. The minimum atomic E-state index is -3.54. The Labute approximate surface area is 181 Å². The summed E-state index contributed by atoms with van der Waals surface area (Å²) in [6.07, 6.45) is 2.93. The number of ether oxygens (including phenoxy) is 2. The van der Waals surface area contributed by atoms with Gasteiger partial charge in [-0.1, -0.05) is 0 Å². The molecule has 3 aromatic rings. The number of anilines is 1. The maximum atomic E-state index is 12.8. The lowest BCUT2D eigenvalue weighted by Gasteiger charge is -2.34. The molecule has 0 aliphatic carbocycles. The molecule has 1 aromatic carbocycles. The predicted octanol–water partition coefficient (Wildman–Crippen LogP) is 2.07. The number of methoxy groups -OCH3 is 2. The fourth-order valence-electron chi connectivity index (χ4n) is 3.46. The van der Waals surface area contributed by atoms with Crippen LogP contribution in [0.5, 0.6) is 11.5 Å². The summed E-state index contributed by atoms with van der Waals surface area (Å²) >= 11 is 0. The highest BCUT2D eigenvalue weighted by Gasteiger charge is 2.29. The topological polar surface area (TPSA) is 97.8 Å². The van der Waals surface area contributed by atoms with Crippen LogP contribution in [-0.2, 0) is 10.0 Å². The Morgan fingerprint density at radius 1 is 0.935 bits per heavy atom. The third-order valence-corrected chi connectivity index (χ3v) is 7.05. The summed E-state index contributed by atoms with van der Waals surface area (Å²) in [4.78, 5) is 6.14. The van der Waals surface area contributed by atoms with Gasteiger partial charge in [0.25, 0.3) is 0 Å². The van der Waals surface area contributed by atoms with Crippen molar-refractivity contribution in [1.29, 1.82) is 0 Å². The van der Waals surface area contributed by atoms with Crippen LogP contribution in [0.3, 0.4) is 0 Å². The van der Waals surface area contributed by atoms with Crippen LogP contribution in [-0.4, -0.2) is 68.3 Å². The highest BCUT2D eigenvalue weighted by Crippen LogP contribution is 2.32. The van der Waals surface area contributed by atoms with Gasteiger partial charge in [0.05, 0.1) is 19.9 Å². The molecule has 0 atom stereocenters. The Morgan fingerprint density at radius 3 is 2.35 bits per heavy atom. The SMILES string of the molecule is COc1ccc(OC)c(-c2ccc(N3CCN(S(=O)(=O)c4cccnc4)CC3)nn2)c1. The van der Waals surface area contributed by atoms with Crippen LogP contribution in [0.2, 0.25) is 0 Å². The van der Waals surface area contributed by atoms with Crippen molar-refractivity contribution in [3.8, 4) is 22.8 Å². The average molecular weight is 442 g/mol. The van der Waals surface area contributed by atoms with Crippen LogP contribution >= 0.6 is 0 Å². The quantitative estimate of drug-likeness (QED) is 0.573. The second-order valence-corrected chi connectivity index (χ2v) is 8.86. The summed E-state index contributed by atoms with van der Waals surface area (Å²) in [6, 6.07) is 12.4. The number of nitrogens with zero attached hydrogens (tertiary/aromatic N) is 5. The minimum absolute atomic E-state index is 0.208. The average Bonchev–Trinajstić information content (AvgIpc) is 2.84. The van der Waals surface area contributed by atoms with Crippen LogP contribution in [0.25, 0.3) is 11.3 Å². The molecule has 0 bridgehead atoms. The van der Waals surface area contributed by atoms with Gasteiger partial charge in [-0.25, -0.2) is 8.42 Å². The van der Waals surface area contributed by atoms with Gasteiger partial charge in [-0.05, 0) is 42.5 Å². The van der Waals surface area contributed by atoms with Gasteiger partial charge in [-0.15, -0.1) is 10.2 Å². The minimum Gasteiger partial charge on any atom is -0.497 e. The third-order valence-electron chi connectivity index (χ3n) is 5.17. The van der Waals surface area contributed by atoms with Gasteiger partial charge < -0.3 is 14.4 Å². The van der Waals surface area contributed by atoms with E-state index in [-0.39, 0.29) is 4.90 Å². The highest BCUT2D eigenvalue weighted by molar-refractivity contribution is 7.89. The van der Waals surface area contributed by atoms with Gasteiger partial charge in [0.2, 0.25) is 10.0 Å². The molecule has 0 radical (unpaired) electrons. The van der Waals surface area contributed by atoms with Crippen LogP contribution in [0.4, 0.5) is 5.82 Å². The summed E-state index contributed by atoms with van der Waals surface area (Å²) in [6.45, 7) is 1.78. The number of aromatic nitrogens is 3. The predicted molar refractivity (Wildman–Crippen MR) is 116 cm³/mol. The van der Waals surface area contributed by atoms with Crippen molar-refractivity contribution in [2.75, 3.05) is 45.3 Å².